The van der Waals surface area contributed by atoms with Gasteiger partial charge in [-0.3, -0.25) is 4.79 Å². The number of fused-ring (bicyclic) bond motifs is 1. The largest absolute Gasteiger partial charge is 0.491 e. The zero-order valence-electron chi connectivity index (χ0n) is 18.6. The summed E-state index contributed by atoms with van der Waals surface area (Å²) in [4.78, 5) is 15.0. The standard InChI is InChI=1S/C26H23BrF3NO3/c1-16(2)34-22-9-4-17(5-10-22)24(15-33-21-11-6-19(7-12-21)26(28,29)30)31-14-18-3-8-20(27)13-23(18)25(31)32/h3-13,16,24H,14-15H2,1-2H3. The third kappa shape index (κ3) is 5.38. The van der Waals surface area contributed by atoms with Crippen LogP contribution in [0, 0.1) is 0 Å². The smallest absolute Gasteiger partial charge is 0.416 e. The number of benzene rings is 3. The van der Waals surface area contributed by atoms with Crippen LogP contribution in [-0.4, -0.2) is 23.5 Å². The molecule has 1 atom stereocenters. The summed E-state index contributed by atoms with van der Waals surface area (Å²) in [5, 5.41) is 0. The highest BCUT2D eigenvalue weighted by Gasteiger charge is 2.34. The fourth-order valence-electron chi connectivity index (χ4n) is 3.87. The van der Waals surface area contributed by atoms with Gasteiger partial charge < -0.3 is 14.4 Å². The molecule has 1 heterocycles. The molecule has 34 heavy (non-hydrogen) atoms. The van der Waals surface area contributed by atoms with Crippen molar-refractivity contribution in [3.05, 3.63) is 93.5 Å². The van der Waals surface area contributed by atoms with Crippen molar-refractivity contribution in [2.45, 2.75) is 38.7 Å². The number of rotatable bonds is 7. The topological polar surface area (TPSA) is 38.8 Å². The number of ether oxygens (including phenoxy) is 2. The number of hydrogen-bond acceptors (Lipinski definition) is 3. The summed E-state index contributed by atoms with van der Waals surface area (Å²) in [6, 6.07) is 17.1. The monoisotopic (exact) mass is 533 g/mol. The van der Waals surface area contributed by atoms with Crippen molar-refractivity contribution in [3.8, 4) is 11.5 Å². The molecule has 0 aromatic heterocycles. The SMILES string of the molecule is CC(C)Oc1ccc(C(COc2ccc(C(F)(F)F)cc2)N2Cc3ccc(Br)cc3C2=O)cc1. The molecule has 3 aromatic rings. The Hall–Kier alpha value is -3.00. The van der Waals surface area contributed by atoms with E-state index in [0.29, 0.717) is 23.6 Å². The van der Waals surface area contributed by atoms with Crippen LogP contribution in [0.4, 0.5) is 13.2 Å². The van der Waals surface area contributed by atoms with E-state index >= 15 is 0 Å². The highest BCUT2D eigenvalue weighted by molar-refractivity contribution is 9.10. The lowest BCUT2D eigenvalue weighted by Crippen LogP contribution is -2.33. The fraction of sp³-hybridized carbons (Fsp3) is 0.269. The molecule has 0 saturated carbocycles. The second-order valence-corrected chi connectivity index (χ2v) is 9.23. The summed E-state index contributed by atoms with van der Waals surface area (Å²) in [6.07, 6.45) is -4.39. The molecule has 0 N–H and O–H groups in total. The molecule has 0 bridgehead atoms. The molecule has 4 nitrogen and oxygen atoms in total. The predicted octanol–water partition coefficient (Wildman–Crippen LogP) is 7.03. The Morgan fingerprint density at radius 2 is 1.62 bits per heavy atom. The number of amides is 1. The first-order valence-electron chi connectivity index (χ1n) is 10.8. The van der Waals surface area contributed by atoms with Crippen molar-refractivity contribution in [1.29, 1.82) is 0 Å². The van der Waals surface area contributed by atoms with Crippen molar-refractivity contribution in [2.75, 3.05) is 6.61 Å². The summed E-state index contributed by atoms with van der Waals surface area (Å²) < 4.78 is 51.0. The second kappa shape index (κ2) is 9.70. The van der Waals surface area contributed by atoms with Gasteiger partial charge in [0, 0.05) is 16.6 Å². The molecule has 178 valence electrons. The Morgan fingerprint density at radius 1 is 0.971 bits per heavy atom. The maximum atomic E-state index is 13.2. The van der Waals surface area contributed by atoms with Crippen LogP contribution in [0.3, 0.4) is 0 Å². The molecule has 0 saturated heterocycles. The quantitative estimate of drug-likeness (QED) is 0.327. The highest BCUT2D eigenvalue weighted by atomic mass is 79.9. The van der Waals surface area contributed by atoms with Gasteiger partial charge in [0.05, 0.1) is 17.7 Å². The lowest BCUT2D eigenvalue weighted by Gasteiger charge is -2.28. The summed E-state index contributed by atoms with van der Waals surface area (Å²) in [5.41, 5.74) is 1.62. The summed E-state index contributed by atoms with van der Waals surface area (Å²) in [7, 11) is 0. The van der Waals surface area contributed by atoms with Gasteiger partial charge >= 0.3 is 6.18 Å². The van der Waals surface area contributed by atoms with Crippen LogP contribution in [0.1, 0.15) is 46.9 Å². The number of halogens is 4. The van der Waals surface area contributed by atoms with E-state index in [1.807, 2.05) is 50.2 Å². The molecule has 3 aromatic carbocycles. The van der Waals surface area contributed by atoms with E-state index in [1.54, 1.807) is 11.0 Å². The van der Waals surface area contributed by atoms with Crippen molar-refractivity contribution in [1.82, 2.24) is 4.90 Å². The summed E-state index contributed by atoms with van der Waals surface area (Å²) in [5.74, 6) is 0.880. The maximum Gasteiger partial charge on any atom is 0.416 e. The number of carbonyl (C=O) groups excluding carboxylic acids is 1. The average Bonchev–Trinajstić information content (AvgIpc) is 3.10. The number of carbonyl (C=O) groups is 1. The molecular formula is C26H23BrF3NO3. The van der Waals surface area contributed by atoms with Crippen LogP contribution >= 0.6 is 15.9 Å². The van der Waals surface area contributed by atoms with Crippen LogP contribution in [-0.2, 0) is 12.7 Å². The molecule has 1 unspecified atom stereocenters. The molecule has 1 aliphatic heterocycles. The van der Waals surface area contributed by atoms with Gasteiger partial charge in [-0.05, 0) is 73.5 Å². The molecule has 0 aliphatic carbocycles. The minimum Gasteiger partial charge on any atom is -0.491 e. The van der Waals surface area contributed by atoms with Gasteiger partial charge in [-0.15, -0.1) is 0 Å². The van der Waals surface area contributed by atoms with Gasteiger partial charge in [-0.25, -0.2) is 0 Å². The van der Waals surface area contributed by atoms with Gasteiger partial charge in [-0.1, -0.05) is 34.1 Å². The van der Waals surface area contributed by atoms with E-state index in [4.69, 9.17) is 9.47 Å². The van der Waals surface area contributed by atoms with Crippen LogP contribution in [0.15, 0.2) is 71.2 Å². The predicted molar refractivity (Wildman–Crippen MR) is 126 cm³/mol. The van der Waals surface area contributed by atoms with Gasteiger partial charge in [0.25, 0.3) is 5.91 Å². The Kier molecular flexibility index (Phi) is 6.89. The summed E-state index contributed by atoms with van der Waals surface area (Å²) in [6.45, 7) is 4.36. The molecule has 8 heteroatoms. The van der Waals surface area contributed by atoms with Gasteiger partial charge in [0.2, 0.25) is 0 Å². The van der Waals surface area contributed by atoms with E-state index in [0.717, 1.165) is 27.7 Å². The van der Waals surface area contributed by atoms with Gasteiger partial charge in [0.1, 0.15) is 18.1 Å². The third-order valence-electron chi connectivity index (χ3n) is 5.51. The van der Waals surface area contributed by atoms with Crippen molar-refractivity contribution in [3.63, 3.8) is 0 Å². The van der Waals surface area contributed by atoms with Crippen LogP contribution in [0.2, 0.25) is 0 Å². The second-order valence-electron chi connectivity index (χ2n) is 8.32. The molecule has 0 spiro atoms. The lowest BCUT2D eigenvalue weighted by molar-refractivity contribution is -0.137. The van der Waals surface area contributed by atoms with E-state index in [9.17, 15) is 18.0 Å². The molecule has 1 aliphatic rings. The Balaban J connectivity index is 1.59. The highest BCUT2D eigenvalue weighted by Crippen LogP contribution is 2.35. The molecule has 1 amide bonds. The number of nitrogens with zero attached hydrogens (tertiary/aromatic N) is 1. The normalized spacial score (nSPS) is 14.3. The zero-order chi connectivity index (χ0) is 24.5. The van der Waals surface area contributed by atoms with Gasteiger partial charge in [-0.2, -0.15) is 13.2 Å². The molecule has 4 rings (SSSR count). The number of alkyl halides is 3. The van der Waals surface area contributed by atoms with Crippen LogP contribution < -0.4 is 9.47 Å². The first-order valence-corrected chi connectivity index (χ1v) is 11.6. The Labute approximate surface area is 204 Å². The minimum atomic E-state index is -4.41. The van der Waals surface area contributed by atoms with Crippen molar-refractivity contribution in [2.24, 2.45) is 0 Å². The van der Waals surface area contributed by atoms with Crippen LogP contribution in [0.5, 0.6) is 11.5 Å². The van der Waals surface area contributed by atoms with E-state index in [2.05, 4.69) is 15.9 Å². The lowest BCUT2D eigenvalue weighted by atomic mass is 10.1. The number of hydrogen-bond donors (Lipinski definition) is 0. The van der Waals surface area contributed by atoms with E-state index < -0.39 is 17.8 Å². The summed E-state index contributed by atoms with van der Waals surface area (Å²) >= 11 is 3.41. The first kappa shape index (κ1) is 24.1. The maximum absolute atomic E-state index is 13.2. The first-order chi connectivity index (χ1) is 16.1. The van der Waals surface area contributed by atoms with Crippen molar-refractivity contribution < 1.29 is 27.4 Å². The Bertz CT molecular complexity index is 1160. The minimum absolute atomic E-state index is 0.0257. The Morgan fingerprint density at radius 3 is 2.24 bits per heavy atom. The fourth-order valence-corrected chi connectivity index (χ4v) is 4.23. The van der Waals surface area contributed by atoms with Crippen molar-refractivity contribution >= 4 is 21.8 Å². The average molecular weight is 534 g/mol. The van der Waals surface area contributed by atoms with E-state index in [1.165, 1.54) is 12.1 Å². The molecular weight excluding hydrogens is 511 g/mol. The molecule has 0 fully saturated rings. The molecule has 0 radical (unpaired) electrons. The van der Waals surface area contributed by atoms with Crippen LogP contribution in [0.25, 0.3) is 0 Å². The van der Waals surface area contributed by atoms with E-state index in [-0.39, 0.29) is 18.6 Å². The van der Waals surface area contributed by atoms with Gasteiger partial charge in [0.15, 0.2) is 0 Å². The zero-order valence-corrected chi connectivity index (χ0v) is 20.2. The third-order valence-corrected chi connectivity index (χ3v) is 6.00.